The number of benzene rings is 2. The largest absolute Gasteiger partial charge is 0.342 e. The van der Waals surface area contributed by atoms with Gasteiger partial charge in [-0.3, -0.25) is 14.5 Å². The first-order chi connectivity index (χ1) is 16.5. The van der Waals surface area contributed by atoms with Gasteiger partial charge in [-0.25, -0.2) is 4.68 Å². The Labute approximate surface area is 201 Å². The number of aromatic nitrogens is 2. The zero-order valence-corrected chi connectivity index (χ0v) is 20.2. The fourth-order valence-corrected chi connectivity index (χ4v) is 5.41. The third kappa shape index (κ3) is 4.64. The molecule has 2 aliphatic rings. The molecule has 5 rings (SSSR count). The minimum absolute atomic E-state index is 0.0630. The third-order valence-corrected chi connectivity index (χ3v) is 7.43. The van der Waals surface area contributed by atoms with Crippen molar-refractivity contribution in [3.63, 3.8) is 0 Å². The molecule has 6 heteroatoms. The fraction of sp³-hybridized carbons (Fsp3) is 0.464. The lowest BCUT2D eigenvalue weighted by molar-refractivity contribution is -0.139. The molecular weight excluding hydrogens is 424 g/mol. The average Bonchev–Trinajstić information content (AvgIpc) is 2.86. The van der Waals surface area contributed by atoms with Crippen LogP contribution >= 0.6 is 0 Å². The lowest BCUT2D eigenvalue weighted by Gasteiger charge is -2.37. The standard InChI is InChI=1S/C28H34N4O2/c1-20-9-11-22(12-10-20)26-24-7-3-4-8-25(24)28(34)32(29-26)19-30-16-13-23(14-17-30)27(33)31-15-5-6-21(2)18-31/h3-4,7-12,21,23H,5-6,13-19H2,1-2H3. The van der Waals surface area contributed by atoms with E-state index in [1.807, 2.05) is 24.3 Å². The fourth-order valence-electron chi connectivity index (χ4n) is 5.41. The van der Waals surface area contributed by atoms with E-state index < -0.39 is 0 Å². The smallest absolute Gasteiger partial charge is 0.275 e. The van der Waals surface area contributed by atoms with Crippen molar-refractivity contribution in [2.24, 2.45) is 11.8 Å². The molecule has 2 fully saturated rings. The summed E-state index contributed by atoms with van der Waals surface area (Å²) < 4.78 is 1.60. The van der Waals surface area contributed by atoms with Crippen LogP contribution in [0.1, 0.15) is 38.2 Å². The highest BCUT2D eigenvalue weighted by atomic mass is 16.2. The van der Waals surface area contributed by atoms with E-state index in [2.05, 4.69) is 47.9 Å². The Balaban J connectivity index is 1.34. The molecule has 2 aromatic carbocycles. The molecule has 34 heavy (non-hydrogen) atoms. The molecule has 3 aromatic rings. The Morgan fingerprint density at radius 1 is 0.971 bits per heavy atom. The predicted molar refractivity (Wildman–Crippen MR) is 135 cm³/mol. The van der Waals surface area contributed by atoms with Crippen LogP contribution in [0.4, 0.5) is 0 Å². The van der Waals surface area contributed by atoms with E-state index in [4.69, 9.17) is 5.10 Å². The van der Waals surface area contributed by atoms with Crippen LogP contribution in [0.25, 0.3) is 22.0 Å². The molecule has 0 N–H and O–H groups in total. The molecular formula is C28H34N4O2. The van der Waals surface area contributed by atoms with E-state index in [1.165, 1.54) is 12.0 Å². The molecule has 178 valence electrons. The highest BCUT2D eigenvalue weighted by Gasteiger charge is 2.30. The van der Waals surface area contributed by atoms with Crippen LogP contribution < -0.4 is 5.56 Å². The zero-order chi connectivity index (χ0) is 23.7. The summed E-state index contributed by atoms with van der Waals surface area (Å²) in [5.74, 6) is 1.03. The first-order valence-electron chi connectivity index (χ1n) is 12.6. The van der Waals surface area contributed by atoms with Crippen molar-refractivity contribution in [3.8, 4) is 11.3 Å². The SMILES string of the molecule is Cc1ccc(-c2nn(CN3CCC(C(=O)N4CCCC(C)C4)CC3)c(=O)c3ccccc23)cc1. The topological polar surface area (TPSA) is 58.4 Å². The third-order valence-electron chi connectivity index (χ3n) is 7.43. The molecule has 0 radical (unpaired) electrons. The summed E-state index contributed by atoms with van der Waals surface area (Å²) in [5, 5.41) is 6.39. The molecule has 0 aliphatic carbocycles. The van der Waals surface area contributed by atoms with E-state index in [0.29, 0.717) is 23.9 Å². The minimum atomic E-state index is -0.0630. The molecule has 0 bridgehead atoms. The lowest BCUT2D eigenvalue weighted by atomic mass is 9.93. The lowest BCUT2D eigenvalue weighted by Crippen LogP contribution is -2.46. The molecule has 1 atom stereocenters. The van der Waals surface area contributed by atoms with Crippen molar-refractivity contribution in [1.29, 1.82) is 0 Å². The maximum atomic E-state index is 13.3. The second-order valence-electron chi connectivity index (χ2n) is 10.1. The van der Waals surface area contributed by atoms with Gasteiger partial charge in [-0.05, 0) is 44.6 Å². The molecule has 1 unspecified atom stereocenters. The van der Waals surface area contributed by atoms with Crippen LogP contribution in [0.2, 0.25) is 0 Å². The van der Waals surface area contributed by atoms with Gasteiger partial charge in [0, 0.05) is 43.0 Å². The Hall–Kier alpha value is -2.99. The number of rotatable bonds is 4. The van der Waals surface area contributed by atoms with E-state index in [1.54, 1.807) is 4.68 Å². The Morgan fingerprint density at radius 3 is 2.38 bits per heavy atom. The number of hydrogen-bond donors (Lipinski definition) is 0. The summed E-state index contributed by atoms with van der Waals surface area (Å²) in [6, 6.07) is 16.0. The molecule has 2 aliphatic heterocycles. The van der Waals surface area contributed by atoms with Crippen LogP contribution in [0.3, 0.4) is 0 Å². The minimum Gasteiger partial charge on any atom is -0.342 e. The summed E-state index contributed by atoms with van der Waals surface area (Å²) in [6.45, 7) is 8.17. The van der Waals surface area contributed by atoms with Crippen molar-refractivity contribution in [2.45, 2.75) is 46.2 Å². The summed E-state index contributed by atoms with van der Waals surface area (Å²) in [5.41, 5.74) is 2.97. The van der Waals surface area contributed by atoms with Gasteiger partial charge >= 0.3 is 0 Å². The second-order valence-corrected chi connectivity index (χ2v) is 10.1. The Bertz CT molecular complexity index is 1230. The molecule has 0 saturated carbocycles. The van der Waals surface area contributed by atoms with Gasteiger partial charge in [-0.2, -0.15) is 5.10 Å². The van der Waals surface area contributed by atoms with Crippen molar-refractivity contribution >= 4 is 16.7 Å². The van der Waals surface area contributed by atoms with Gasteiger partial charge in [-0.1, -0.05) is 55.0 Å². The summed E-state index contributed by atoms with van der Waals surface area (Å²) >= 11 is 0. The maximum Gasteiger partial charge on any atom is 0.275 e. The van der Waals surface area contributed by atoms with Gasteiger partial charge in [0.2, 0.25) is 5.91 Å². The average molecular weight is 459 g/mol. The Morgan fingerprint density at radius 2 is 1.68 bits per heavy atom. The van der Waals surface area contributed by atoms with E-state index in [0.717, 1.165) is 62.1 Å². The van der Waals surface area contributed by atoms with Gasteiger partial charge < -0.3 is 4.90 Å². The normalized spacial score (nSPS) is 20.1. The van der Waals surface area contributed by atoms with Gasteiger partial charge in [-0.15, -0.1) is 0 Å². The number of fused-ring (bicyclic) bond motifs is 1. The molecule has 0 spiro atoms. The number of aryl methyl sites for hydroxylation is 1. The monoisotopic (exact) mass is 458 g/mol. The first-order valence-corrected chi connectivity index (χ1v) is 12.6. The van der Waals surface area contributed by atoms with Crippen LogP contribution in [-0.4, -0.2) is 51.7 Å². The summed E-state index contributed by atoms with van der Waals surface area (Å²) in [4.78, 5) is 30.6. The summed E-state index contributed by atoms with van der Waals surface area (Å²) in [6.07, 6.45) is 4.03. The quantitative estimate of drug-likeness (QED) is 0.585. The number of piperidine rings is 2. The second kappa shape index (κ2) is 9.71. The van der Waals surface area contributed by atoms with Crippen LogP contribution in [0.5, 0.6) is 0 Å². The van der Waals surface area contributed by atoms with Crippen LogP contribution in [0.15, 0.2) is 53.3 Å². The van der Waals surface area contributed by atoms with Gasteiger partial charge in [0.05, 0.1) is 17.7 Å². The Kier molecular flexibility index (Phi) is 6.50. The first kappa shape index (κ1) is 22.8. The number of likely N-dealkylation sites (tertiary alicyclic amines) is 2. The van der Waals surface area contributed by atoms with Gasteiger partial charge in [0.1, 0.15) is 0 Å². The molecule has 1 aromatic heterocycles. The van der Waals surface area contributed by atoms with Crippen molar-refractivity contribution in [2.75, 3.05) is 26.2 Å². The molecule has 6 nitrogen and oxygen atoms in total. The maximum absolute atomic E-state index is 13.3. The van der Waals surface area contributed by atoms with E-state index >= 15 is 0 Å². The highest BCUT2D eigenvalue weighted by molar-refractivity contribution is 5.93. The predicted octanol–water partition coefficient (Wildman–Crippen LogP) is 4.30. The van der Waals surface area contributed by atoms with Crippen LogP contribution in [0, 0.1) is 18.8 Å². The van der Waals surface area contributed by atoms with Crippen molar-refractivity contribution in [1.82, 2.24) is 19.6 Å². The number of nitrogens with zero attached hydrogens (tertiary/aromatic N) is 4. The molecule has 1 amide bonds. The van der Waals surface area contributed by atoms with E-state index in [-0.39, 0.29) is 11.5 Å². The summed E-state index contributed by atoms with van der Waals surface area (Å²) in [7, 11) is 0. The van der Waals surface area contributed by atoms with Crippen LogP contribution in [-0.2, 0) is 11.5 Å². The van der Waals surface area contributed by atoms with Gasteiger partial charge in [0.15, 0.2) is 0 Å². The van der Waals surface area contributed by atoms with Gasteiger partial charge in [0.25, 0.3) is 5.56 Å². The highest BCUT2D eigenvalue weighted by Crippen LogP contribution is 2.26. The number of hydrogen-bond acceptors (Lipinski definition) is 4. The number of carbonyl (C=O) groups excluding carboxylic acids is 1. The number of amides is 1. The van der Waals surface area contributed by atoms with Crippen molar-refractivity contribution in [3.05, 3.63) is 64.4 Å². The van der Waals surface area contributed by atoms with E-state index in [9.17, 15) is 9.59 Å². The zero-order valence-electron chi connectivity index (χ0n) is 20.2. The molecule has 3 heterocycles. The molecule has 2 saturated heterocycles. The number of carbonyl (C=O) groups is 1. The van der Waals surface area contributed by atoms with Crippen molar-refractivity contribution < 1.29 is 4.79 Å².